The van der Waals surface area contributed by atoms with E-state index in [2.05, 4.69) is 44.0 Å². The molecule has 0 aromatic heterocycles. The van der Waals surface area contributed by atoms with E-state index < -0.39 is 42.6 Å². The van der Waals surface area contributed by atoms with E-state index in [4.69, 9.17) is 4.74 Å². The number of esters is 1. The minimum Gasteiger partial charge on any atom is -0.454 e. The Labute approximate surface area is 228 Å². The van der Waals surface area contributed by atoms with Gasteiger partial charge in [0, 0.05) is 12.0 Å². The van der Waals surface area contributed by atoms with Crippen LogP contribution in [0.15, 0.2) is 102 Å². The molecule has 0 N–H and O–H groups in total. The number of terminal acetylenes is 1. The SMILES string of the molecule is C#C.CCCCc1ccc(-c2ccc(C(=O)OC(C/C=C(/F)C(F)=C(CF)CF)c3ccccc3)cc2)cc1. The number of aryl methyl sites for hydroxylation is 1. The molecule has 3 rings (SSSR count). The predicted octanol–water partition coefficient (Wildman–Crippen LogP) is 9.25. The first kappa shape index (κ1) is 31.1. The highest BCUT2D eigenvalue weighted by Crippen LogP contribution is 2.28. The average molecular weight is 537 g/mol. The van der Waals surface area contributed by atoms with E-state index in [9.17, 15) is 22.4 Å². The molecule has 0 amide bonds. The molecule has 1 atom stereocenters. The van der Waals surface area contributed by atoms with Crippen molar-refractivity contribution in [1.82, 2.24) is 0 Å². The van der Waals surface area contributed by atoms with E-state index >= 15 is 0 Å². The van der Waals surface area contributed by atoms with Crippen molar-refractivity contribution in [3.8, 4) is 24.0 Å². The molecule has 6 heteroatoms. The first-order valence-corrected chi connectivity index (χ1v) is 12.6. The van der Waals surface area contributed by atoms with Gasteiger partial charge in [-0.15, -0.1) is 12.8 Å². The summed E-state index contributed by atoms with van der Waals surface area (Å²) in [5, 5.41) is 0. The van der Waals surface area contributed by atoms with E-state index in [1.54, 1.807) is 42.5 Å². The zero-order valence-corrected chi connectivity index (χ0v) is 21.9. The van der Waals surface area contributed by atoms with Crippen molar-refractivity contribution in [2.75, 3.05) is 13.3 Å². The maximum Gasteiger partial charge on any atom is 0.338 e. The topological polar surface area (TPSA) is 26.3 Å². The third kappa shape index (κ3) is 9.30. The summed E-state index contributed by atoms with van der Waals surface area (Å²) in [6.45, 7) is -0.701. The van der Waals surface area contributed by atoms with Crippen molar-refractivity contribution in [3.63, 3.8) is 0 Å². The lowest BCUT2D eigenvalue weighted by molar-refractivity contribution is 0.0302. The monoisotopic (exact) mass is 536 g/mol. The Bertz CT molecular complexity index is 1240. The van der Waals surface area contributed by atoms with Gasteiger partial charge in [0.2, 0.25) is 0 Å². The summed E-state index contributed by atoms with van der Waals surface area (Å²) in [6.07, 6.45) is 11.0. The van der Waals surface area contributed by atoms with Gasteiger partial charge in [-0.25, -0.2) is 22.4 Å². The van der Waals surface area contributed by atoms with E-state index in [1.807, 2.05) is 12.1 Å². The zero-order chi connectivity index (χ0) is 28.6. The normalized spacial score (nSPS) is 11.6. The highest BCUT2D eigenvalue weighted by molar-refractivity contribution is 5.90. The van der Waals surface area contributed by atoms with Crippen LogP contribution in [0.25, 0.3) is 11.1 Å². The Morgan fingerprint density at radius 1 is 0.872 bits per heavy atom. The minimum atomic E-state index is -1.57. The van der Waals surface area contributed by atoms with E-state index in [0.717, 1.165) is 36.5 Å². The molecule has 0 saturated heterocycles. The Morgan fingerprint density at radius 2 is 1.44 bits per heavy atom. The molecule has 3 aromatic rings. The molecule has 1 unspecified atom stereocenters. The second-order valence-electron chi connectivity index (χ2n) is 8.66. The summed E-state index contributed by atoms with van der Waals surface area (Å²) in [6, 6.07) is 23.9. The van der Waals surface area contributed by atoms with Gasteiger partial charge in [-0.2, -0.15) is 0 Å². The molecule has 0 aliphatic carbocycles. The highest BCUT2D eigenvalue weighted by atomic mass is 19.2. The number of ether oxygens (including phenoxy) is 1. The zero-order valence-electron chi connectivity index (χ0n) is 21.9. The lowest BCUT2D eigenvalue weighted by Crippen LogP contribution is -2.11. The molecule has 0 heterocycles. The molecule has 0 fully saturated rings. The summed E-state index contributed by atoms with van der Waals surface area (Å²) >= 11 is 0. The lowest BCUT2D eigenvalue weighted by atomic mass is 10.0. The van der Waals surface area contributed by atoms with Gasteiger partial charge in [-0.3, -0.25) is 0 Å². The number of rotatable bonds is 12. The molecule has 0 bridgehead atoms. The van der Waals surface area contributed by atoms with Crippen molar-refractivity contribution >= 4 is 5.97 Å². The Morgan fingerprint density at radius 3 is 1.97 bits per heavy atom. The minimum absolute atomic E-state index is 0.219. The van der Waals surface area contributed by atoms with Gasteiger partial charge in [-0.05, 0) is 53.3 Å². The van der Waals surface area contributed by atoms with Crippen LogP contribution in [0.1, 0.15) is 53.8 Å². The van der Waals surface area contributed by atoms with Gasteiger partial charge >= 0.3 is 5.97 Å². The lowest BCUT2D eigenvalue weighted by Gasteiger charge is -2.17. The summed E-state index contributed by atoms with van der Waals surface area (Å²) in [7, 11) is 0. The Kier molecular flexibility index (Phi) is 13.3. The second kappa shape index (κ2) is 16.7. The molecule has 2 nitrogen and oxygen atoms in total. The van der Waals surface area contributed by atoms with Crippen molar-refractivity contribution in [1.29, 1.82) is 0 Å². The van der Waals surface area contributed by atoms with Crippen molar-refractivity contribution in [3.05, 3.63) is 119 Å². The van der Waals surface area contributed by atoms with Gasteiger partial charge in [0.1, 0.15) is 19.5 Å². The van der Waals surface area contributed by atoms with Crippen LogP contribution in [0.4, 0.5) is 17.6 Å². The number of carbonyl (C=O) groups excluding carboxylic acids is 1. The standard InChI is InChI=1S/C31H30F4O2.C2H2/c1-2-3-7-22-10-12-23(13-11-22)24-14-16-26(17-15-24)31(36)37-29(25-8-5-4-6-9-25)19-18-28(34)30(35)27(20-32)21-33;1-2/h4-6,8-18,29H,2-3,7,19-21H2,1H3;1-2H/b28-18+;. The number of hydrogen-bond acceptors (Lipinski definition) is 2. The molecule has 0 spiro atoms. The first-order valence-electron chi connectivity index (χ1n) is 12.6. The molecule has 0 saturated carbocycles. The number of alkyl halides is 2. The summed E-state index contributed by atoms with van der Waals surface area (Å²) in [5.41, 5.74) is 3.22. The van der Waals surface area contributed by atoms with Gasteiger partial charge < -0.3 is 4.74 Å². The highest BCUT2D eigenvalue weighted by Gasteiger charge is 2.19. The van der Waals surface area contributed by atoms with Gasteiger partial charge in [0.25, 0.3) is 0 Å². The van der Waals surface area contributed by atoms with Crippen LogP contribution in [-0.2, 0) is 11.2 Å². The van der Waals surface area contributed by atoms with Crippen LogP contribution < -0.4 is 0 Å². The fraction of sp³-hybridized carbons (Fsp3) is 0.242. The molecular formula is C33H32F4O2. The van der Waals surface area contributed by atoms with Gasteiger partial charge in [-0.1, -0.05) is 80.1 Å². The Hall–Kier alpha value is -4.11. The third-order valence-corrected chi connectivity index (χ3v) is 6.00. The molecular weight excluding hydrogens is 504 g/mol. The average Bonchev–Trinajstić information content (AvgIpc) is 3.00. The van der Waals surface area contributed by atoms with Crippen LogP contribution in [0.2, 0.25) is 0 Å². The molecule has 0 aliphatic rings. The fourth-order valence-electron chi connectivity index (χ4n) is 3.78. The fourth-order valence-corrected chi connectivity index (χ4v) is 3.78. The smallest absolute Gasteiger partial charge is 0.338 e. The molecule has 39 heavy (non-hydrogen) atoms. The molecule has 0 radical (unpaired) electrons. The van der Waals surface area contributed by atoms with Crippen LogP contribution in [0.3, 0.4) is 0 Å². The number of allylic oxidation sites excluding steroid dienone is 3. The quantitative estimate of drug-likeness (QED) is 0.0998. The van der Waals surface area contributed by atoms with Gasteiger partial charge in [0.15, 0.2) is 11.7 Å². The van der Waals surface area contributed by atoms with E-state index in [1.165, 1.54) is 5.56 Å². The summed E-state index contributed by atoms with van der Waals surface area (Å²) < 4.78 is 59.2. The van der Waals surface area contributed by atoms with E-state index in [0.29, 0.717) is 11.1 Å². The molecule has 3 aromatic carbocycles. The number of benzene rings is 3. The Balaban J connectivity index is 0.00000260. The molecule has 204 valence electrons. The van der Waals surface area contributed by atoms with Crippen molar-refractivity contribution in [2.45, 2.75) is 38.7 Å². The first-order chi connectivity index (χ1) is 19.0. The van der Waals surface area contributed by atoms with E-state index in [-0.39, 0.29) is 6.42 Å². The third-order valence-electron chi connectivity index (χ3n) is 6.00. The second-order valence-corrected chi connectivity index (χ2v) is 8.66. The number of halogens is 4. The molecule has 0 aliphatic heterocycles. The number of unbranched alkanes of at least 4 members (excludes halogenated alkanes) is 1. The van der Waals surface area contributed by atoms with Crippen LogP contribution >= 0.6 is 0 Å². The van der Waals surface area contributed by atoms with Crippen molar-refractivity contribution < 1.29 is 27.1 Å². The summed E-state index contributed by atoms with van der Waals surface area (Å²) in [4.78, 5) is 12.9. The van der Waals surface area contributed by atoms with Crippen LogP contribution in [0, 0.1) is 12.8 Å². The number of hydrogen-bond donors (Lipinski definition) is 0. The summed E-state index contributed by atoms with van der Waals surface area (Å²) in [5.74, 6) is -3.60. The largest absolute Gasteiger partial charge is 0.454 e. The predicted molar refractivity (Wildman–Crippen MR) is 149 cm³/mol. The van der Waals surface area contributed by atoms with Crippen LogP contribution in [-0.4, -0.2) is 19.3 Å². The number of carbonyl (C=O) groups is 1. The maximum absolute atomic E-state index is 14.2. The van der Waals surface area contributed by atoms with Crippen molar-refractivity contribution in [2.24, 2.45) is 0 Å². The van der Waals surface area contributed by atoms with Gasteiger partial charge in [0.05, 0.1) is 5.56 Å². The van der Waals surface area contributed by atoms with Crippen LogP contribution in [0.5, 0.6) is 0 Å². The maximum atomic E-state index is 14.2.